The van der Waals surface area contributed by atoms with Crippen molar-refractivity contribution in [2.75, 3.05) is 13.1 Å². The molecule has 180 valence electrons. The molecule has 1 fully saturated rings. The number of carbonyl (C=O) groups is 1. The van der Waals surface area contributed by atoms with Gasteiger partial charge in [-0.1, -0.05) is 55.8 Å². The Labute approximate surface area is 205 Å². The van der Waals surface area contributed by atoms with Crippen LogP contribution >= 0.6 is 0 Å². The van der Waals surface area contributed by atoms with Gasteiger partial charge < -0.3 is 10.0 Å². The number of aromatic nitrogens is 2. The van der Waals surface area contributed by atoms with Crippen LogP contribution < -0.4 is 5.56 Å². The third-order valence-corrected chi connectivity index (χ3v) is 6.77. The number of likely N-dealkylation sites (tertiary alicyclic amines) is 1. The Morgan fingerprint density at radius 1 is 1.23 bits per heavy atom. The number of rotatable bonds is 7. The van der Waals surface area contributed by atoms with Crippen LogP contribution in [0, 0.1) is 11.3 Å². The fraction of sp³-hybridized carbons (Fsp3) is 0.357. The smallest absolute Gasteiger partial charge is 0.270 e. The summed E-state index contributed by atoms with van der Waals surface area (Å²) in [5.74, 6) is -0.381. The highest BCUT2D eigenvalue weighted by Gasteiger charge is 2.33. The van der Waals surface area contributed by atoms with Crippen molar-refractivity contribution >= 4 is 5.91 Å². The van der Waals surface area contributed by atoms with Gasteiger partial charge in [0.25, 0.3) is 11.5 Å². The molecule has 0 saturated carbocycles. The first-order chi connectivity index (χ1) is 16.9. The van der Waals surface area contributed by atoms with Crippen molar-refractivity contribution in [3.05, 3.63) is 93.0 Å². The van der Waals surface area contributed by atoms with Gasteiger partial charge in [-0.15, -0.1) is 0 Å². The molecule has 1 unspecified atom stereocenters. The Morgan fingerprint density at radius 3 is 2.71 bits per heavy atom. The molecule has 1 aliphatic rings. The standard InChI is InChI=1S/C28H30N4O3/c1-3-4-13-24-30-26(33)25(27(34)31-15-14-23(18-31)21-10-6-5-7-11-21)28(35)32(24)19(2)22-12-8-9-20(16-22)17-29/h5-12,16,19,23,33H,3-4,13-15,18H2,1-2H3/t19?,23-/m0/s1. The quantitative estimate of drug-likeness (QED) is 0.552. The number of nitriles is 1. The summed E-state index contributed by atoms with van der Waals surface area (Å²) in [7, 11) is 0. The lowest BCUT2D eigenvalue weighted by molar-refractivity contribution is 0.0783. The van der Waals surface area contributed by atoms with E-state index in [2.05, 4.69) is 11.1 Å². The van der Waals surface area contributed by atoms with Crippen LogP contribution in [0.5, 0.6) is 5.88 Å². The first-order valence-corrected chi connectivity index (χ1v) is 12.1. The Kier molecular flexibility index (Phi) is 7.31. The number of aromatic hydroxyl groups is 1. The summed E-state index contributed by atoms with van der Waals surface area (Å²) in [5, 5.41) is 20.0. The molecule has 2 atom stereocenters. The summed E-state index contributed by atoms with van der Waals surface area (Å²) in [6.07, 6.45) is 2.97. The van der Waals surface area contributed by atoms with Crippen LogP contribution in [0.2, 0.25) is 0 Å². The van der Waals surface area contributed by atoms with Crippen LogP contribution in [0.1, 0.15) is 77.9 Å². The molecule has 0 radical (unpaired) electrons. The molecule has 1 aromatic heterocycles. The predicted molar refractivity (Wildman–Crippen MR) is 133 cm³/mol. The first-order valence-electron chi connectivity index (χ1n) is 12.1. The minimum atomic E-state index is -0.549. The number of unbranched alkanes of at least 4 members (excludes halogenated alkanes) is 1. The molecule has 4 rings (SSSR count). The zero-order chi connectivity index (χ0) is 24.9. The number of nitrogens with zero attached hydrogens (tertiary/aromatic N) is 4. The van der Waals surface area contributed by atoms with E-state index in [1.54, 1.807) is 23.1 Å². The molecule has 1 aliphatic heterocycles. The summed E-state index contributed by atoms with van der Waals surface area (Å²) in [6, 6.07) is 18.7. The lowest BCUT2D eigenvalue weighted by Gasteiger charge is -2.23. The zero-order valence-corrected chi connectivity index (χ0v) is 20.1. The molecule has 0 spiro atoms. The maximum atomic E-state index is 13.7. The third-order valence-electron chi connectivity index (χ3n) is 6.77. The van der Waals surface area contributed by atoms with Crippen LogP contribution in [-0.4, -0.2) is 38.6 Å². The first kappa shape index (κ1) is 24.2. The fourth-order valence-corrected chi connectivity index (χ4v) is 4.78. The summed E-state index contributed by atoms with van der Waals surface area (Å²) in [4.78, 5) is 33.2. The van der Waals surface area contributed by atoms with Gasteiger partial charge >= 0.3 is 0 Å². The second kappa shape index (κ2) is 10.6. The summed E-state index contributed by atoms with van der Waals surface area (Å²) < 4.78 is 1.50. The topological polar surface area (TPSA) is 99.2 Å². The number of carbonyl (C=O) groups excluding carboxylic acids is 1. The van der Waals surface area contributed by atoms with Gasteiger partial charge in [-0.2, -0.15) is 10.2 Å². The van der Waals surface area contributed by atoms with Crippen LogP contribution in [-0.2, 0) is 6.42 Å². The van der Waals surface area contributed by atoms with E-state index in [-0.39, 0.29) is 11.5 Å². The van der Waals surface area contributed by atoms with Crippen molar-refractivity contribution in [3.63, 3.8) is 0 Å². The van der Waals surface area contributed by atoms with E-state index in [1.807, 2.05) is 50.2 Å². The summed E-state index contributed by atoms with van der Waals surface area (Å²) in [5.41, 5.74) is 1.57. The molecule has 0 bridgehead atoms. The number of aryl methyl sites for hydroxylation is 1. The third kappa shape index (κ3) is 4.97. The molecule has 1 saturated heterocycles. The van der Waals surface area contributed by atoms with Gasteiger partial charge in [0.05, 0.1) is 17.7 Å². The summed E-state index contributed by atoms with van der Waals surface area (Å²) in [6.45, 7) is 4.88. The predicted octanol–water partition coefficient (Wildman–Crippen LogP) is 4.40. The second-order valence-electron chi connectivity index (χ2n) is 9.07. The van der Waals surface area contributed by atoms with E-state index in [0.29, 0.717) is 30.9 Å². The highest BCUT2D eigenvalue weighted by Crippen LogP contribution is 2.29. The van der Waals surface area contributed by atoms with Crippen molar-refractivity contribution < 1.29 is 9.90 Å². The van der Waals surface area contributed by atoms with Crippen molar-refractivity contribution in [1.29, 1.82) is 5.26 Å². The number of benzene rings is 2. The van der Waals surface area contributed by atoms with Gasteiger partial charge in [0, 0.05) is 25.4 Å². The van der Waals surface area contributed by atoms with E-state index >= 15 is 0 Å². The van der Waals surface area contributed by atoms with Crippen LogP contribution in [0.25, 0.3) is 0 Å². The minimum Gasteiger partial charge on any atom is -0.493 e. The molecule has 1 N–H and O–H groups in total. The summed E-state index contributed by atoms with van der Waals surface area (Å²) >= 11 is 0. The fourth-order valence-electron chi connectivity index (χ4n) is 4.78. The van der Waals surface area contributed by atoms with E-state index in [1.165, 1.54) is 4.57 Å². The Bertz CT molecular complexity index is 1310. The SMILES string of the molecule is CCCCc1nc(O)c(C(=O)N2CC[C@H](c3ccccc3)C2)c(=O)n1C(C)c1cccc(C#N)c1. The zero-order valence-electron chi connectivity index (χ0n) is 20.1. The molecule has 3 aromatic rings. The van der Waals surface area contributed by atoms with E-state index < -0.39 is 23.4 Å². The lowest BCUT2D eigenvalue weighted by atomic mass is 9.99. The second-order valence-corrected chi connectivity index (χ2v) is 9.07. The van der Waals surface area contributed by atoms with Gasteiger partial charge in [-0.25, -0.2) is 0 Å². The molecule has 35 heavy (non-hydrogen) atoms. The molecule has 0 aliphatic carbocycles. The van der Waals surface area contributed by atoms with Crippen LogP contribution in [0.4, 0.5) is 0 Å². The van der Waals surface area contributed by atoms with Crippen molar-refractivity contribution in [1.82, 2.24) is 14.5 Å². The molecule has 7 nitrogen and oxygen atoms in total. The Hall–Kier alpha value is -3.92. The van der Waals surface area contributed by atoms with Gasteiger partial charge in [0.15, 0.2) is 5.56 Å². The maximum absolute atomic E-state index is 13.7. The van der Waals surface area contributed by atoms with Gasteiger partial charge in [-0.05, 0) is 43.0 Å². The molecule has 7 heteroatoms. The number of hydrogen-bond acceptors (Lipinski definition) is 5. The van der Waals surface area contributed by atoms with Gasteiger partial charge in [0.2, 0.25) is 5.88 Å². The van der Waals surface area contributed by atoms with Crippen molar-refractivity contribution in [3.8, 4) is 11.9 Å². The molecule has 2 heterocycles. The van der Waals surface area contributed by atoms with Crippen molar-refractivity contribution in [2.24, 2.45) is 0 Å². The Morgan fingerprint density at radius 2 is 2.00 bits per heavy atom. The highest BCUT2D eigenvalue weighted by atomic mass is 16.3. The average Bonchev–Trinajstić information content (AvgIpc) is 3.38. The molecular weight excluding hydrogens is 440 g/mol. The molecule has 1 amide bonds. The average molecular weight is 471 g/mol. The minimum absolute atomic E-state index is 0.189. The van der Waals surface area contributed by atoms with E-state index in [9.17, 15) is 20.0 Å². The maximum Gasteiger partial charge on any atom is 0.270 e. The van der Waals surface area contributed by atoms with Gasteiger partial charge in [-0.3, -0.25) is 14.2 Å². The van der Waals surface area contributed by atoms with Gasteiger partial charge in [0.1, 0.15) is 5.82 Å². The lowest BCUT2D eigenvalue weighted by Crippen LogP contribution is -2.38. The normalized spacial score (nSPS) is 16.1. The molecular formula is C28H30N4O3. The monoisotopic (exact) mass is 470 g/mol. The highest BCUT2D eigenvalue weighted by molar-refractivity contribution is 5.96. The number of hydrogen-bond donors (Lipinski definition) is 1. The van der Waals surface area contributed by atoms with E-state index in [4.69, 9.17) is 0 Å². The van der Waals surface area contributed by atoms with Crippen LogP contribution in [0.3, 0.4) is 0 Å². The van der Waals surface area contributed by atoms with Crippen molar-refractivity contribution in [2.45, 2.75) is 51.5 Å². The van der Waals surface area contributed by atoms with E-state index in [0.717, 1.165) is 30.4 Å². The van der Waals surface area contributed by atoms with Crippen LogP contribution in [0.15, 0.2) is 59.4 Å². The Balaban J connectivity index is 1.72. The number of amides is 1. The largest absolute Gasteiger partial charge is 0.493 e. The molecule has 2 aromatic carbocycles.